The molecule has 1 aromatic rings. The first-order valence-electron chi connectivity index (χ1n) is 8.44. The topological polar surface area (TPSA) is 26.3 Å². The van der Waals surface area contributed by atoms with Crippen molar-refractivity contribution in [3.8, 4) is 5.75 Å². The van der Waals surface area contributed by atoms with Crippen LogP contribution in [0.3, 0.4) is 0 Å². The van der Waals surface area contributed by atoms with Gasteiger partial charge in [-0.1, -0.05) is 64.7 Å². The highest BCUT2D eigenvalue weighted by molar-refractivity contribution is 7.12. The zero-order valence-corrected chi connectivity index (χ0v) is 14.5. The third kappa shape index (κ3) is 7.66. The number of ether oxygens (including phenoxy) is 1. The molecule has 0 aliphatic carbocycles. The first kappa shape index (κ1) is 18.2. The molecule has 3 heteroatoms. The molecule has 0 atom stereocenters. The predicted molar refractivity (Wildman–Crippen MR) is 91.7 cm³/mol. The fraction of sp³-hybridized carbons (Fsp3) is 0.722. The molecular formula is C18H30O2S. The molecule has 0 saturated carbocycles. The second-order valence-electron chi connectivity index (χ2n) is 5.67. The number of methoxy groups -OCH3 is 1. The lowest BCUT2D eigenvalue weighted by Gasteiger charge is -2.03. The first-order valence-corrected chi connectivity index (χ1v) is 9.32. The summed E-state index contributed by atoms with van der Waals surface area (Å²) in [6.45, 7) is 2.26. The van der Waals surface area contributed by atoms with Crippen LogP contribution >= 0.6 is 11.3 Å². The van der Waals surface area contributed by atoms with Gasteiger partial charge in [-0.15, -0.1) is 11.3 Å². The number of carbonyl (C=O) groups excluding carboxylic acids is 1. The van der Waals surface area contributed by atoms with E-state index < -0.39 is 0 Å². The molecule has 0 unspecified atom stereocenters. The number of Topliss-reactive ketones (excluding diaryl/α,β-unsaturated/α-hetero) is 1. The van der Waals surface area contributed by atoms with Gasteiger partial charge in [0.05, 0.1) is 7.11 Å². The van der Waals surface area contributed by atoms with E-state index in [9.17, 15) is 4.79 Å². The number of rotatable bonds is 13. The van der Waals surface area contributed by atoms with Crippen molar-refractivity contribution in [3.05, 3.63) is 16.3 Å². The van der Waals surface area contributed by atoms with E-state index in [4.69, 9.17) is 4.74 Å². The van der Waals surface area contributed by atoms with Gasteiger partial charge in [0.15, 0.2) is 5.78 Å². The largest absolute Gasteiger partial charge is 0.495 e. The molecule has 0 spiro atoms. The van der Waals surface area contributed by atoms with E-state index in [1.165, 1.54) is 69.1 Å². The van der Waals surface area contributed by atoms with E-state index in [-0.39, 0.29) is 5.78 Å². The van der Waals surface area contributed by atoms with Gasteiger partial charge in [-0.2, -0.15) is 0 Å². The van der Waals surface area contributed by atoms with Crippen molar-refractivity contribution in [1.82, 2.24) is 0 Å². The highest BCUT2D eigenvalue weighted by Crippen LogP contribution is 2.26. The van der Waals surface area contributed by atoms with Crippen LogP contribution in [-0.2, 0) is 0 Å². The summed E-state index contributed by atoms with van der Waals surface area (Å²) >= 11 is 1.49. The molecule has 1 rings (SSSR count). The number of hydrogen-bond acceptors (Lipinski definition) is 3. The van der Waals surface area contributed by atoms with Crippen LogP contribution in [-0.4, -0.2) is 12.9 Å². The summed E-state index contributed by atoms with van der Waals surface area (Å²) in [5.74, 6) is 0.971. The van der Waals surface area contributed by atoms with Crippen LogP contribution in [0, 0.1) is 0 Å². The molecule has 0 bridgehead atoms. The van der Waals surface area contributed by atoms with Crippen LogP contribution < -0.4 is 4.74 Å². The summed E-state index contributed by atoms with van der Waals surface area (Å²) in [5, 5.41) is 1.92. The number of hydrogen-bond donors (Lipinski definition) is 0. The number of thiophene rings is 1. The van der Waals surface area contributed by atoms with E-state index >= 15 is 0 Å². The van der Waals surface area contributed by atoms with Gasteiger partial charge in [0.1, 0.15) is 10.6 Å². The summed E-state index contributed by atoms with van der Waals surface area (Å²) in [7, 11) is 1.62. The third-order valence-corrected chi connectivity index (χ3v) is 4.80. The molecule has 0 aromatic carbocycles. The number of carbonyl (C=O) groups is 1. The minimum absolute atomic E-state index is 0.237. The minimum atomic E-state index is 0.237. The second kappa shape index (κ2) is 11.8. The van der Waals surface area contributed by atoms with Crippen molar-refractivity contribution < 1.29 is 9.53 Å². The Morgan fingerprint density at radius 1 is 1.00 bits per heavy atom. The Hall–Kier alpha value is -0.830. The lowest BCUT2D eigenvalue weighted by molar-refractivity contribution is 0.0980. The van der Waals surface area contributed by atoms with Crippen molar-refractivity contribution in [2.45, 2.75) is 77.6 Å². The maximum absolute atomic E-state index is 12.1. The summed E-state index contributed by atoms with van der Waals surface area (Å²) in [5.41, 5.74) is 0. The van der Waals surface area contributed by atoms with Crippen LogP contribution in [0.15, 0.2) is 11.4 Å². The van der Waals surface area contributed by atoms with Crippen molar-refractivity contribution in [2.24, 2.45) is 0 Å². The zero-order chi connectivity index (χ0) is 15.3. The summed E-state index contributed by atoms with van der Waals surface area (Å²) in [4.78, 5) is 12.8. The Morgan fingerprint density at radius 3 is 2.14 bits per heavy atom. The fourth-order valence-corrected chi connectivity index (χ4v) is 3.38. The Morgan fingerprint density at radius 2 is 1.57 bits per heavy atom. The predicted octanol–water partition coefficient (Wildman–Crippen LogP) is 6.25. The maximum atomic E-state index is 12.1. The highest BCUT2D eigenvalue weighted by Gasteiger charge is 2.12. The molecule has 21 heavy (non-hydrogen) atoms. The Labute approximate surface area is 133 Å². The smallest absolute Gasteiger partial charge is 0.176 e. The average molecular weight is 311 g/mol. The molecule has 0 saturated heterocycles. The number of ketones is 1. The second-order valence-corrected chi connectivity index (χ2v) is 6.59. The Kier molecular flexibility index (Phi) is 10.2. The van der Waals surface area contributed by atoms with Crippen LogP contribution in [0.1, 0.15) is 87.2 Å². The quantitative estimate of drug-likeness (QED) is 0.318. The summed E-state index contributed by atoms with van der Waals surface area (Å²) < 4.78 is 5.20. The van der Waals surface area contributed by atoms with E-state index in [1.807, 2.05) is 11.4 Å². The van der Waals surface area contributed by atoms with Gasteiger partial charge in [0.2, 0.25) is 0 Å². The molecule has 0 aliphatic heterocycles. The molecule has 2 nitrogen and oxygen atoms in total. The summed E-state index contributed by atoms with van der Waals surface area (Å²) in [6, 6.07) is 1.87. The van der Waals surface area contributed by atoms with Crippen LogP contribution in [0.25, 0.3) is 0 Å². The molecule has 0 amide bonds. The first-order chi connectivity index (χ1) is 10.3. The van der Waals surface area contributed by atoms with Gasteiger partial charge in [0.25, 0.3) is 0 Å². The van der Waals surface area contributed by atoms with E-state index in [2.05, 4.69) is 6.92 Å². The standard InChI is InChI=1S/C18H30O2S/c1-3-4-5-6-7-8-9-10-11-12-13-16(19)18-17(20-2)14-15-21-18/h14-15H,3-13H2,1-2H3. The van der Waals surface area contributed by atoms with E-state index in [0.29, 0.717) is 6.42 Å². The molecule has 0 aliphatic rings. The zero-order valence-electron chi connectivity index (χ0n) is 13.7. The fourth-order valence-electron chi connectivity index (χ4n) is 2.55. The molecule has 1 aromatic heterocycles. The Balaban J connectivity index is 1.98. The molecule has 1 heterocycles. The van der Waals surface area contributed by atoms with Crippen LogP contribution in [0.2, 0.25) is 0 Å². The van der Waals surface area contributed by atoms with Crippen molar-refractivity contribution in [2.75, 3.05) is 7.11 Å². The van der Waals surface area contributed by atoms with Gasteiger partial charge >= 0.3 is 0 Å². The molecule has 0 N–H and O–H groups in total. The SMILES string of the molecule is CCCCCCCCCCCCC(=O)c1sccc1OC. The van der Waals surface area contributed by atoms with Crippen molar-refractivity contribution in [3.63, 3.8) is 0 Å². The van der Waals surface area contributed by atoms with E-state index in [1.54, 1.807) is 7.11 Å². The van der Waals surface area contributed by atoms with Crippen LogP contribution in [0.4, 0.5) is 0 Å². The van der Waals surface area contributed by atoms with E-state index in [0.717, 1.165) is 17.0 Å². The minimum Gasteiger partial charge on any atom is -0.495 e. The lowest BCUT2D eigenvalue weighted by Crippen LogP contribution is -1.98. The van der Waals surface area contributed by atoms with Crippen molar-refractivity contribution in [1.29, 1.82) is 0 Å². The third-order valence-electron chi connectivity index (χ3n) is 3.86. The maximum Gasteiger partial charge on any atom is 0.176 e. The normalized spacial score (nSPS) is 10.8. The highest BCUT2D eigenvalue weighted by atomic mass is 32.1. The Bertz CT molecular complexity index is 384. The van der Waals surface area contributed by atoms with Gasteiger partial charge in [-0.3, -0.25) is 4.79 Å². The molecular weight excluding hydrogens is 280 g/mol. The molecule has 0 fully saturated rings. The van der Waals surface area contributed by atoms with Gasteiger partial charge < -0.3 is 4.74 Å². The van der Waals surface area contributed by atoms with Crippen molar-refractivity contribution >= 4 is 17.1 Å². The van der Waals surface area contributed by atoms with Gasteiger partial charge in [-0.25, -0.2) is 0 Å². The van der Waals surface area contributed by atoms with Gasteiger partial charge in [0, 0.05) is 6.42 Å². The molecule has 0 radical (unpaired) electrons. The monoisotopic (exact) mass is 310 g/mol. The lowest BCUT2D eigenvalue weighted by atomic mass is 10.0. The van der Waals surface area contributed by atoms with Crippen LogP contribution in [0.5, 0.6) is 5.75 Å². The number of unbranched alkanes of at least 4 members (excludes halogenated alkanes) is 9. The average Bonchev–Trinajstić information content (AvgIpc) is 2.97. The molecule has 120 valence electrons. The summed E-state index contributed by atoms with van der Waals surface area (Å²) in [6.07, 6.45) is 13.7. The van der Waals surface area contributed by atoms with Gasteiger partial charge in [-0.05, 0) is 17.9 Å².